The predicted molar refractivity (Wildman–Crippen MR) is 42.4 cm³/mol. The summed E-state index contributed by atoms with van der Waals surface area (Å²) in [5.74, 6) is 0. The van der Waals surface area contributed by atoms with Crippen molar-refractivity contribution < 1.29 is 0 Å². The van der Waals surface area contributed by atoms with Crippen molar-refractivity contribution in [3.8, 4) is 0 Å². The van der Waals surface area contributed by atoms with E-state index in [1.54, 1.807) is 0 Å². The highest BCUT2D eigenvalue weighted by Crippen LogP contribution is 2.47. The smallest absolute Gasteiger partial charge is 0.00459 e. The van der Waals surface area contributed by atoms with E-state index in [1.807, 2.05) is 0 Å². The largest absolute Gasteiger partial charge is 0.402 e. The zero-order valence-corrected chi connectivity index (χ0v) is 6.40. The first-order valence-corrected chi connectivity index (χ1v) is 4.28. The lowest BCUT2D eigenvalue weighted by molar-refractivity contribution is 0.389. The van der Waals surface area contributed by atoms with Gasteiger partial charge in [0.15, 0.2) is 0 Å². The topological polar surface area (TPSA) is 26.0 Å². The third-order valence-electron chi connectivity index (χ3n) is 3.00. The first kappa shape index (κ1) is 6.26. The van der Waals surface area contributed by atoms with Crippen LogP contribution in [0.2, 0.25) is 0 Å². The van der Waals surface area contributed by atoms with Crippen LogP contribution in [-0.2, 0) is 0 Å². The fourth-order valence-corrected chi connectivity index (χ4v) is 2.40. The molecule has 0 bridgehead atoms. The van der Waals surface area contributed by atoms with E-state index in [-0.39, 0.29) is 0 Å². The van der Waals surface area contributed by atoms with Crippen LogP contribution in [0.3, 0.4) is 0 Å². The zero-order chi connectivity index (χ0) is 7.03. The maximum absolute atomic E-state index is 5.75. The summed E-state index contributed by atoms with van der Waals surface area (Å²) in [5.41, 5.74) is 7.46. The summed E-state index contributed by atoms with van der Waals surface area (Å²) < 4.78 is 0. The van der Waals surface area contributed by atoms with Gasteiger partial charge in [-0.1, -0.05) is 18.9 Å². The molecule has 0 aromatic rings. The molecule has 0 heterocycles. The average molecular weight is 137 g/mol. The van der Waals surface area contributed by atoms with E-state index in [0.29, 0.717) is 5.41 Å². The third-order valence-corrected chi connectivity index (χ3v) is 3.00. The molecule has 0 aliphatic heterocycles. The van der Waals surface area contributed by atoms with E-state index < -0.39 is 0 Å². The fraction of sp³-hybridized carbons (Fsp3) is 0.778. The van der Waals surface area contributed by atoms with Gasteiger partial charge < -0.3 is 5.73 Å². The van der Waals surface area contributed by atoms with Crippen molar-refractivity contribution in [1.29, 1.82) is 0 Å². The molecular weight excluding hydrogens is 122 g/mol. The lowest BCUT2D eigenvalue weighted by Crippen LogP contribution is -2.07. The molecule has 0 aromatic carbocycles. The Morgan fingerprint density at radius 2 is 1.90 bits per heavy atom. The van der Waals surface area contributed by atoms with Crippen molar-refractivity contribution in [2.75, 3.05) is 0 Å². The second-order valence-corrected chi connectivity index (χ2v) is 3.79. The van der Waals surface area contributed by atoms with Crippen molar-refractivity contribution in [2.45, 2.75) is 38.5 Å². The number of hydrogen-bond acceptors (Lipinski definition) is 1. The zero-order valence-electron chi connectivity index (χ0n) is 6.40. The molecule has 1 fully saturated rings. The summed E-state index contributed by atoms with van der Waals surface area (Å²) in [6, 6.07) is 0. The highest BCUT2D eigenvalue weighted by atomic mass is 14.6. The number of allylic oxidation sites excluding steroid dienone is 2. The van der Waals surface area contributed by atoms with Crippen molar-refractivity contribution in [2.24, 2.45) is 11.1 Å². The van der Waals surface area contributed by atoms with Gasteiger partial charge in [-0.15, -0.1) is 0 Å². The molecule has 0 amide bonds. The first-order chi connectivity index (χ1) is 4.81. The molecule has 2 aliphatic carbocycles. The second-order valence-electron chi connectivity index (χ2n) is 3.79. The van der Waals surface area contributed by atoms with E-state index in [2.05, 4.69) is 6.08 Å². The number of hydrogen-bond donors (Lipinski definition) is 1. The van der Waals surface area contributed by atoms with Crippen molar-refractivity contribution in [3.05, 3.63) is 11.8 Å². The van der Waals surface area contributed by atoms with Crippen LogP contribution < -0.4 is 5.73 Å². The summed E-state index contributed by atoms with van der Waals surface area (Å²) in [4.78, 5) is 0. The molecule has 10 heavy (non-hydrogen) atoms. The van der Waals surface area contributed by atoms with E-state index >= 15 is 0 Å². The summed E-state index contributed by atoms with van der Waals surface area (Å²) in [6.07, 6.45) is 10.5. The maximum Gasteiger partial charge on any atom is 0.00459 e. The van der Waals surface area contributed by atoms with Gasteiger partial charge in [0.25, 0.3) is 0 Å². The van der Waals surface area contributed by atoms with E-state index in [0.717, 1.165) is 12.1 Å². The quantitative estimate of drug-likeness (QED) is 0.544. The van der Waals surface area contributed by atoms with Crippen LogP contribution in [0.4, 0.5) is 0 Å². The van der Waals surface area contributed by atoms with Crippen LogP contribution in [0.1, 0.15) is 38.5 Å². The Morgan fingerprint density at radius 3 is 2.40 bits per heavy atom. The van der Waals surface area contributed by atoms with Crippen LogP contribution in [0.5, 0.6) is 0 Å². The molecule has 2 rings (SSSR count). The molecule has 0 saturated heterocycles. The van der Waals surface area contributed by atoms with Crippen LogP contribution >= 0.6 is 0 Å². The van der Waals surface area contributed by atoms with Crippen molar-refractivity contribution in [1.82, 2.24) is 0 Å². The van der Waals surface area contributed by atoms with E-state index in [9.17, 15) is 0 Å². The molecule has 2 N–H and O–H groups in total. The van der Waals surface area contributed by atoms with Crippen molar-refractivity contribution >= 4 is 0 Å². The van der Waals surface area contributed by atoms with Crippen LogP contribution in [-0.4, -0.2) is 0 Å². The normalized spacial score (nSPS) is 29.4. The molecule has 1 saturated carbocycles. The SMILES string of the molecule is NC1=CC2(CCCC2)CC1. The number of rotatable bonds is 0. The van der Waals surface area contributed by atoms with E-state index in [1.165, 1.54) is 32.1 Å². The number of nitrogens with two attached hydrogens (primary N) is 1. The summed E-state index contributed by atoms with van der Waals surface area (Å²) in [5, 5.41) is 0. The Bertz CT molecular complexity index is 164. The summed E-state index contributed by atoms with van der Waals surface area (Å²) in [7, 11) is 0. The van der Waals surface area contributed by atoms with Crippen LogP contribution in [0.15, 0.2) is 11.8 Å². The Morgan fingerprint density at radius 1 is 1.20 bits per heavy atom. The molecule has 1 spiro atoms. The van der Waals surface area contributed by atoms with Gasteiger partial charge in [0.1, 0.15) is 0 Å². The van der Waals surface area contributed by atoms with Gasteiger partial charge in [-0.3, -0.25) is 0 Å². The van der Waals surface area contributed by atoms with Gasteiger partial charge in [0.2, 0.25) is 0 Å². The lowest BCUT2D eigenvalue weighted by Gasteiger charge is -2.18. The summed E-state index contributed by atoms with van der Waals surface area (Å²) in [6.45, 7) is 0. The highest BCUT2D eigenvalue weighted by Gasteiger charge is 2.34. The fourth-order valence-electron chi connectivity index (χ4n) is 2.40. The van der Waals surface area contributed by atoms with Gasteiger partial charge in [0.05, 0.1) is 0 Å². The average Bonchev–Trinajstić information content (AvgIpc) is 2.46. The highest BCUT2D eigenvalue weighted by molar-refractivity contribution is 5.15. The van der Waals surface area contributed by atoms with Gasteiger partial charge in [-0.25, -0.2) is 0 Å². The molecule has 56 valence electrons. The monoisotopic (exact) mass is 137 g/mol. The molecule has 0 aromatic heterocycles. The minimum absolute atomic E-state index is 0.573. The Balaban J connectivity index is 2.16. The third kappa shape index (κ3) is 0.845. The summed E-state index contributed by atoms with van der Waals surface area (Å²) >= 11 is 0. The molecule has 1 heteroatoms. The predicted octanol–water partition coefficient (Wildman–Crippen LogP) is 2.18. The molecule has 2 aliphatic rings. The standard InChI is InChI=1S/C9H15N/c10-8-3-6-9(7-8)4-1-2-5-9/h7H,1-6,10H2. The van der Waals surface area contributed by atoms with Gasteiger partial charge >= 0.3 is 0 Å². The Kier molecular flexibility index (Phi) is 1.26. The molecular formula is C9H15N. The molecule has 1 nitrogen and oxygen atoms in total. The van der Waals surface area contributed by atoms with Crippen molar-refractivity contribution in [3.63, 3.8) is 0 Å². The first-order valence-electron chi connectivity index (χ1n) is 4.28. The molecule has 0 radical (unpaired) electrons. The van der Waals surface area contributed by atoms with Crippen LogP contribution in [0.25, 0.3) is 0 Å². The Hall–Kier alpha value is -0.460. The molecule has 0 unspecified atom stereocenters. The van der Waals surface area contributed by atoms with Gasteiger partial charge in [-0.05, 0) is 31.1 Å². The van der Waals surface area contributed by atoms with Gasteiger partial charge in [-0.2, -0.15) is 0 Å². The minimum atomic E-state index is 0.573. The maximum atomic E-state index is 5.75. The van der Waals surface area contributed by atoms with Gasteiger partial charge in [0, 0.05) is 5.70 Å². The van der Waals surface area contributed by atoms with E-state index in [4.69, 9.17) is 5.73 Å². The molecule has 0 atom stereocenters. The second kappa shape index (κ2) is 2.01. The minimum Gasteiger partial charge on any atom is -0.402 e. The van der Waals surface area contributed by atoms with Crippen LogP contribution in [0, 0.1) is 5.41 Å². The lowest BCUT2D eigenvalue weighted by atomic mass is 9.86. The Labute approximate surface area is 62.3 Å².